The molecule has 0 aliphatic carbocycles. The van der Waals surface area contributed by atoms with E-state index in [1.165, 1.54) is 0 Å². The van der Waals surface area contributed by atoms with Gasteiger partial charge in [-0.2, -0.15) is 5.26 Å². The van der Waals surface area contributed by atoms with Crippen molar-refractivity contribution in [1.29, 1.82) is 5.26 Å². The van der Waals surface area contributed by atoms with Gasteiger partial charge in [-0.05, 0) is 60.2 Å². The van der Waals surface area contributed by atoms with Gasteiger partial charge in [0.2, 0.25) is 5.69 Å². The molecule has 258 valence electrons. The SMILES string of the molecule is [C-]#[N+]c1cc(C#N)c(-c2ccccc2)c(-n2c3ccccc3c3ccc4oc5ccccc5c4c32)c1-n1c2ccccc2c2ccc3oc4ccccc4c3c21. The summed E-state index contributed by atoms with van der Waals surface area (Å²) >= 11 is 0. The summed E-state index contributed by atoms with van der Waals surface area (Å²) in [5.74, 6) is 0. The average Bonchev–Trinajstić information content (AvgIpc) is 4.00. The van der Waals surface area contributed by atoms with Crippen LogP contribution in [0.1, 0.15) is 5.56 Å². The first kappa shape index (κ1) is 30.4. The zero-order chi connectivity index (χ0) is 37.1. The second-order valence-corrected chi connectivity index (χ2v) is 14.2. The van der Waals surface area contributed by atoms with Gasteiger partial charge in [0, 0.05) is 37.9 Å². The lowest BCUT2D eigenvalue weighted by atomic mass is 9.95. The molecule has 0 aliphatic heterocycles. The van der Waals surface area contributed by atoms with E-state index in [0.29, 0.717) is 16.9 Å². The summed E-state index contributed by atoms with van der Waals surface area (Å²) in [4.78, 5) is 4.27. The Kier molecular flexibility index (Phi) is 6.10. The predicted molar refractivity (Wildman–Crippen MR) is 226 cm³/mol. The summed E-state index contributed by atoms with van der Waals surface area (Å²) in [5, 5.41) is 19.1. The Morgan fingerprint density at radius 1 is 0.482 bits per heavy atom. The van der Waals surface area contributed by atoms with Crippen molar-refractivity contribution in [3.63, 3.8) is 0 Å². The van der Waals surface area contributed by atoms with Crippen molar-refractivity contribution in [3.8, 4) is 28.6 Å². The largest absolute Gasteiger partial charge is 0.456 e. The molecule has 8 aromatic carbocycles. The summed E-state index contributed by atoms with van der Waals surface area (Å²) in [7, 11) is 0. The van der Waals surface area contributed by atoms with Gasteiger partial charge in [0.1, 0.15) is 22.3 Å². The van der Waals surface area contributed by atoms with Gasteiger partial charge in [0.05, 0.1) is 62.4 Å². The molecular formula is C50H26N4O2. The number of nitrogens with zero attached hydrogens (tertiary/aromatic N) is 4. The first-order valence-corrected chi connectivity index (χ1v) is 18.4. The van der Waals surface area contributed by atoms with Crippen molar-refractivity contribution in [2.24, 2.45) is 0 Å². The molecule has 0 atom stereocenters. The maximum atomic E-state index is 11.0. The van der Waals surface area contributed by atoms with Crippen molar-refractivity contribution >= 4 is 93.2 Å². The average molecular weight is 715 g/mol. The van der Waals surface area contributed by atoms with E-state index in [2.05, 4.69) is 92.8 Å². The predicted octanol–water partition coefficient (Wildman–Crippen LogP) is 13.8. The lowest BCUT2D eigenvalue weighted by molar-refractivity contribution is 0.669. The molecule has 4 heterocycles. The highest BCUT2D eigenvalue weighted by molar-refractivity contribution is 6.27. The number of para-hydroxylation sites is 4. The number of furan rings is 2. The third kappa shape index (κ3) is 3.92. The molecule has 0 aliphatic rings. The molecule has 0 spiro atoms. The van der Waals surface area contributed by atoms with E-state index in [-0.39, 0.29) is 0 Å². The summed E-state index contributed by atoms with van der Waals surface area (Å²) in [6.07, 6.45) is 0. The minimum atomic E-state index is 0.360. The lowest BCUT2D eigenvalue weighted by Crippen LogP contribution is -2.08. The van der Waals surface area contributed by atoms with Crippen molar-refractivity contribution in [2.75, 3.05) is 0 Å². The van der Waals surface area contributed by atoms with E-state index in [4.69, 9.17) is 15.4 Å². The standard InChI is InChI=1S/C50H26N4O2/c1-52-37-27-30(28-51)44(29-13-3-2-4-14-29)50(54-39-20-10-6-16-32(39)34-24-26-43-46(48(34)54)36-18-8-12-22-41(36)56-43)49(37)53-38-19-9-5-15-31(38)33-23-25-42-45(47(33)53)35-17-7-11-21-40(35)55-42/h2-27H. The third-order valence-electron chi connectivity index (χ3n) is 11.4. The van der Waals surface area contributed by atoms with Crippen molar-refractivity contribution in [2.45, 2.75) is 0 Å². The topological polar surface area (TPSA) is 64.3 Å². The van der Waals surface area contributed by atoms with Crippen LogP contribution in [0.15, 0.2) is 167 Å². The van der Waals surface area contributed by atoms with Crippen LogP contribution in [0.5, 0.6) is 0 Å². The van der Waals surface area contributed by atoms with Crippen LogP contribution in [0.25, 0.3) is 115 Å². The molecule has 0 bridgehead atoms. The Morgan fingerprint density at radius 3 is 1.50 bits per heavy atom. The van der Waals surface area contributed by atoms with Crippen LogP contribution in [0.3, 0.4) is 0 Å². The molecule has 0 amide bonds. The monoisotopic (exact) mass is 714 g/mol. The molecular weight excluding hydrogens is 689 g/mol. The molecule has 12 aromatic rings. The van der Waals surface area contributed by atoms with Crippen LogP contribution in [0.2, 0.25) is 0 Å². The van der Waals surface area contributed by atoms with Crippen molar-refractivity contribution in [3.05, 3.63) is 175 Å². The molecule has 12 rings (SSSR count). The summed E-state index contributed by atoms with van der Waals surface area (Å²) in [5.41, 5.74) is 10.6. The minimum Gasteiger partial charge on any atom is -0.456 e. The molecule has 6 heteroatoms. The number of aromatic nitrogens is 2. The Bertz CT molecular complexity index is 3730. The van der Waals surface area contributed by atoms with E-state index in [9.17, 15) is 5.26 Å². The van der Waals surface area contributed by atoms with Crippen LogP contribution in [0, 0.1) is 17.9 Å². The number of hydrogen-bond acceptors (Lipinski definition) is 3. The fraction of sp³-hybridized carbons (Fsp3) is 0. The van der Waals surface area contributed by atoms with Gasteiger partial charge in [-0.15, -0.1) is 0 Å². The maximum Gasteiger partial charge on any atom is 0.214 e. The number of hydrogen-bond donors (Lipinski definition) is 0. The second-order valence-electron chi connectivity index (χ2n) is 14.2. The molecule has 0 radical (unpaired) electrons. The maximum absolute atomic E-state index is 11.0. The van der Waals surface area contributed by atoms with Gasteiger partial charge in [0.25, 0.3) is 0 Å². The van der Waals surface area contributed by atoms with Crippen LogP contribution in [0.4, 0.5) is 5.69 Å². The highest BCUT2D eigenvalue weighted by Crippen LogP contribution is 2.50. The van der Waals surface area contributed by atoms with Crippen molar-refractivity contribution < 1.29 is 8.83 Å². The lowest BCUT2D eigenvalue weighted by Gasteiger charge is -2.23. The fourth-order valence-electron chi connectivity index (χ4n) is 9.15. The molecule has 0 N–H and O–H groups in total. The highest BCUT2D eigenvalue weighted by Gasteiger charge is 2.30. The molecule has 56 heavy (non-hydrogen) atoms. The van der Waals surface area contributed by atoms with Crippen LogP contribution < -0.4 is 0 Å². The first-order chi connectivity index (χ1) is 27.7. The molecule has 0 fully saturated rings. The molecule has 4 aromatic heterocycles. The second kappa shape index (κ2) is 11.2. The van der Waals surface area contributed by atoms with E-state index < -0.39 is 0 Å². The van der Waals surface area contributed by atoms with Gasteiger partial charge >= 0.3 is 0 Å². The van der Waals surface area contributed by atoms with E-state index in [1.807, 2.05) is 78.9 Å². The molecule has 0 saturated carbocycles. The molecule has 6 nitrogen and oxygen atoms in total. The summed E-state index contributed by atoms with van der Waals surface area (Å²) < 4.78 is 17.6. The Balaban J connectivity index is 1.41. The van der Waals surface area contributed by atoms with Crippen LogP contribution in [-0.4, -0.2) is 9.13 Å². The van der Waals surface area contributed by atoms with Gasteiger partial charge in [-0.1, -0.05) is 103 Å². The summed E-state index contributed by atoms with van der Waals surface area (Å²) in [6.45, 7) is 8.84. The molecule has 0 saturated heterocycles. The van der Waals surface area contributed by atoms with E-state index >= 15 is 0 Å². The van der Waals surface area contributed by atoms with Crippen LogP contribution >= 0.6 is 0 Å². The number of rotatable bonds is 3. The quantitative estimate of drug-likeness (QED) is 0.171. The Morgan fingerprint density at radius 2 is 0.964 bits per heavy atom. The Labute approximate surface area is 318 Å². The molecule has 0 unspecified atom stereocenters. The van der Waals surface area contributed by atoms with E-state index in [0.717, 1.165) is 104 Å². The van der Waals surface area contributed by atoms with Crippen LogP contribution in [-0.2, 0) is 0 Å². The fourth-order valence-corrected chi connectivity index (χ4v) is 9.15. The number of fused-ring (bicyclic) bond motifs is 14. The van der Waals surface area contributed by atoms with Gasteiger partial charge in [-0.3, -0.25) is 0 Å². The third-order valence-corrected chi connectivity index (χ3v) is 11.4. The summed E-state index contributed by atoms with van der Waals surface area (Å²) in [6, 6.07) is 55.7. The van der Waals surface area contributed by atoms with Crippen molar-refractivity contribution in [1.82, 2.24) is 9.13 Å². The van der Waals surface area contributed by atoms with Gasteiger partial charge < -0.3 is 18.0 Å². The highest BCUT2D eigenvalue weighted by atomic mass is 16.3. The Hall–Kier alpha value is -8.06. The van der Waals surface area contributed by atoms with E-state index in [1.54, 1.807) is 6.07 Å². The number of nitriles is 1. The van der Waals surface area contributed by atoms with Gasteiger partial charge in [0.15, 0.2) is 0 Å². The normalized spacial score (nSPS) is 11.9. The number of benzene rings is 8. The zero-order valence-corrected chi connectivity index (χ0v) is 29.6. The first-order valence-electron chi connectivity index (χ1n) is 18.4. The smallest absolute Gasteiger partial charge is 0.214 e. The minimum absolute atomic E-state index is 0.360. The zero-order valence-electron chi connectivity index (χ0n) is 29.6. The van der Waals surface area contributed by atoms with Gasteiger partial charge in [-0.25, -0.2) is 4.85 Å².